The van der Waals surface area contributed by atoms with Gasteiger partial charge < -0.3 is 9.47 Å². The van der Waals surface area contributed by atoms with Gasteiger partial charge in [-0.1, -0.05) is 48.0 Å². The quantitative estimate of drug-likeness (QED) is 0.788. The summed E-state index contributed by atoms with van der Waals surface area (Å²) in [6.45, 7) is 0.205. The van der Waals surface area contributed by atoms with Gasteiger partial charge in [-0.15, -0.1) is 0 Å². The first-order chi connectivity index (χ1) is 9.70. The third-order valence-electron chi connectivity index (χ3n) is 2.90. The van der Waals surface area contributed by atoms with Crippen LogP contribution in [0.2, 0.25) is 5.02 Å². The zero-order chi connectivity index (χ0) is 14.4. The Hall–Kier alpha value is -2.00. The van der Waals surface area contributed by atoms with Crippen LogP contribution in [0.4, 0.5) is 0 Å². The predicted octanol–water partition coefficient (Wildman–Crippen LogP) is 3.68. The minimum absolute atomic E-state index is 0.205. The molecule has 104 valence electrons. The van der Waals surface area contributed by atoms with Crippen molar-refractivity contribution < 1.29 is 14.3 Å². The predicted molar refractivity (Wildman–Crippen MR) is 78.1 cm³/mol. The van der Waals surface area contributed by atoms with Crippen molar-refractivity contribution in [3.05, 3.63) is 65.2 Å². The molecule has 4 heteroatoms. The van der Waals surface area contributed by atoms with Crippen LogP contribution >= 0.6 is 11.6 Å². The molecule has 0 N–H and O–H groups in total. The average Bonchev–Trinajstić information content (AvgIpc) is 2.48. The molecule has 3 nitrogen and oxygen atoms in total. The third kappa shape index (κ3) is 3.75. The number of methoxy groups -OCH3 is 1. The molecular weight excluding hydrogens is 276 g/mol. The fraction of sp³-hybridized carbons (Fsp3) is 0.188. The smallest absolute Gasteiger partial charge is 0.316 e. The molecule has 0 fully saturated rings. The number of benzene rings is 2. The fourth-order valence-electron chi connectivity index (χ4n) is 1.86. The Kier molecular flexibility index (Phi) is 5.02. The number of ether oxygens (including phenoxy) is 2. The van der Waals surface area contributed by atoms with Crippen molar-refractivity contribution in [3.63, 3.8) is 0 Å². The molecule has 0 aliphatic carbocycles. The molecular formula is C16H15ClO3. The van der Waals surface area contributed by atoms with E-state index in [2.05, 4.69) is 0 Å². The van der Waals surface area contributed by atoms with E-state index >= 15 is 0 Å². The van der Waals surface area contributed by atoms with E-state index in [1.54, 1.807) is 24.3 Å². The van der Waals surface area contributed by atoms with Crippen LogP contribution < -0.4 is 4.74 Å². The number of hydrogen-bond acceptors (Lipinski definition) is 3. The minimum atomic E-state index is -0.458. The van der Waals surface area contributed by atoms with Gasteiger partial charge in [-0.2, -0.15) is 0 Å². The number of carbonyl (C=O) groups is 1. The van der Waals surface area contributed by atoms with Crippen LogP contribution in [0.15, 0.2) is 54.6 Å². The van der Waals surface area contributed by atoms with E-state index in [-0.39, 0.29) is 12.6 Å². The SMILES string of the molecule is COC(=O)C(COc1cccc(Cl)c1)c1ccccc1. The first kappa shape index (κ1) is 14.4. The highest BCUT2D eigenvalue weighted by atomic mass is 35.5. The largest absolute Gasteiger partial charge is 0.492 e. The lowest BCUT2D eigenvalue weighted by Crippen LogP contribution is -2.21. The van der Waals surface area contributed by atoms with Gasteiger partial charge in [-0.25, -0.2) is 0 Å². The lowest BCUT2D eigenvalue weighted by molar-refractivity contribution is -0.143. The van der Waals surface area contributed by atoms with Crippen LogP contribution in [0.1, 0.15) is 11.5 Å². The highest BCUT2D eigenvalue weighted by molar-refractivity contribution is 6.30. The standard InChI is InChI=1S/C16H15ClO3/c1-19-16(18)15(12-6-3-2-4-7-12)11-20-14-9-5-8-13(17)10-14/h2-10,15H,11H2,1H3. The van der Waals surface area contributed by atoms with Crippen LogP contribution in [-0.2, 0) is 9.53 Å². The minimum Gasteiger partial charge on any atom is -0.492 e. The Balaban J connectivity index is 2.11. The van der Waals surface area contributed by atoms with Gasteiger partial charge in [-0.3, -0.25) is 4.79 Å². The zero-order valence-corrected chi connectivity index (χ0v) is 11.8. The summed E-state index contributed by atoms with van der Waals surface area (Å²) >= 11 is 5.90. The summed E-state index contributed by atoms with van der Waals surface area (Å²) in [5, 5.41) is 0.594. The van der Waals surface area contributed by atoms with E-state index in [9.17, 15) is 4.79 Å². The molecule has 0 saturated heterocycles. The van der Waals surface area contributed by atoms with Crippen LogP contribution in [0.3, 0.4) is 0 Å². The summed E-state index contributed by atoms with van der Waals surface area (Å²) in [6, 6.07) is 16.5. The summed E-state index contributed by atoms with van der Waals surface area (Å²) in [5.74, 6) is -0.152. The van der Waals surface area contributed by atoms with Gasteiger partial charge >= 0.3 is 5.97 Å². The van der Waals surface area contributed by atoms with Crippen molar-refractivity contribution in [1.82, 2.24) is 0 Å². The van der Waals surface area contributed by atoms with Crippen LogP contribution in [0.25, 0.3) is 0 Å². The molecule has 0 heterocycles. The Morgan fingerprint density at radius 1 is 1.15 bits per heavy atom. The molecule has 1 unspecified atom stereocenters. The second kappa shape index (κ2) is 6.96. The van der Waals surface area contributed by atoms with Crippen LogP contribution in [0.5, 0.6) is 5.75 Å². The highest BCUT2D eigenvalue weighted by Crippen LogP contribution is 2.21. The molecule has 1 atom stereocenters. The Labute approximate surface area is 123 Å². The lowest BCUT2D eigenvalue weighted by atomic mass is 10.0. The summed E-state index contributed by atoms with van der Waals surface area (Å²) in [6.07, 6.45) is 0. The maximum absolute atomic E-state index is 11.9. The summed E-state index contributed by atoms with van der Waals surface area (Å²) < 4.78 is 10.5. The lowest BCUT2D eigenvalue weighted by Gasteiger charge is -2.16. The van der Waals surface area contributed by atoms with Gasteiger partial charge in [0.1, 0.15) is 18.3 Å². The molecule has 20 heavy (non-hydrogen) atoms. The number of halogens is 1. The molecule has 0 aliphatic rings. The van der Waals surface area contributed by atoms with Crippen molar-refractivity contribution in [2.75, 3.05) is 13.7 Å². The summed E-state index contributed by atoms with van der Waals surface area (Å²) in [7, 11) is 1.37. The fourth-order valence-corrected chi connectivity index (χ4v) is 2.04. The van der Waals surface area contributed by atoms with Crippen molar-refractivity contribution in [3.8, 4) is 5.75 Å². The van der Waals surface area contributed by atoms with Crippen molar-refractivity contribution >= 4 is 17.6 Å². The van der Waals surface area contributed by atoms with Crippen molar-refractivity contribution in [1.29, 1.82) is 0 Å². The van der Waals surface area contributed by atoms with E-state index < -0.39 is 5.92 Å². The zero-order valence-electron chi connectivity index (χ0n) is 11.1. The summed E-state index contributed by atoms with van der Waals surface area (Å²) in [5.41, 5.74) is 0.862. The number of esters is 1. The Morgan fingerprint density at radius 3 is 2.55 bits per heavy atom. The topological polar surface area (TPSA) is 35.5 Å². The van der Waals surface area contributed by atoms with Gasteiger partial charge in [0.15, 0.2) is 0 Å². The van der Waals surface area contributed by atoms with Crippen molar-refractivity contribution in [2.45, 2.75) is 5.92 Å². The van der Waals surface area contributed by atoms with E-state index in [1.807, 2.05) is 30.3 Å². The van der Waals surface area contributed by atoms with E-state index in [0.29, 0.717) is 10.8 Å². The Morgan fingerprint density at radius 2 is 1.90 bits per heavy atom. The molecule has 0 bridgehead atoms. The molecule has 0 spiro atoms. The molecule has 0 saturated carbocycles. The molecule has 0 aromatic heterocycles. The number of hydrogen-bond donors (Lipinski definition) is 0. The molecule has 0 radical (unpaired) electrons. The first-order valence-electron chi connectivity index (χ1n) is 6.22. The van der Waals surface area contributed by atoms with Gasteiger partial charge in [0.05, 0.1) is 7.11 Å². The average molecular weight is 291 g/mol. The Bertz CT molecular complexity index is 569. The normalized spacial score (nSPS) is 11.7. The maximum atomic E-state index is 11.9. The first-order valence-corrected chi connectivity index (χ1v) is 6.59. The molecule has 2 aromatic carbocycles. The van der Waals surface area contributed by atoms with Crippen molar-refractivity contribution in [2.24, 2.45) is 0 Å². The van der Waals surface area contributed by atoms with Gasteiger partial charge in [0.2, 0.25) is 0 Å². The van der Waals surface area contributed by atoms with Crippen LogP contribution in [-0.4, -0.2) is 19.7 Å². The second-order valence-corrected chi connectivity index (χ2v) is 4.69. The van der Waals surface area contributed by atoms with Crippen LogP contribution in [0, 0.1) is 0 Å². The molecule has 0 aliphatic heterocycles. The van der Waals surface area contributed by atoms with E-state index in [4.69, 9.17) is 21.1 Å². The highest BCUT2D eigenvalue weighted by Gasteiger charge is 2.22. The number of carbonyl (C=O) groups excluding carboxylic acids is 1. The van der Waals surface area contributed by atoms with Gasteiger partial charge in [-0.05, 0) is 23.8 Å². The molecule has 0 amide bonds. The van der Waals surface area contributed by atoms with E-state index in [1.165, 1.54) is 7.11 Å². The number of rotatable bonds is 5. The van der Waals surface area contributed by atoms with Gasteiger partial charge in [0.25, 0.3) is 0 Å². The third-order valence-corrected chi connectivity index (χ3v) is 3.14. The van der Waals surface area contributed by atoms with Gasteiger partial charge in [0, 0.05) is 5.02 Å². The van der Waals surface area contributed by atoms with E-state index in [0.717, 1.165) is 5.56 Å². The molecule has 2 aromatic rings. The maximum Gasteiger partial charge on any atom is 0.316 e. The monoisotopic (exact) mass is 290 g/mol. The summed E-state index contributed by atoms with van der Waals surface area (Å²) in [4.78, 5) is 11.9. The second-order valence-electron chi connectivity index (χ2n) is 4.25. The molecule has 2 rings (SSSR count).